The molecular formula is C16H31N7O6S. The predicted molar refractivity (Wildman–Crippen MR) is 111 cm³/mol. The van der Waals surface area contributed by atoms with Gasteiger partial charge in [-0.1, -0.05) is 0 Å². The van der Waals surface area contributed by atoms with E-state index in [9.17, 15) is 28.5 Å². The van der Waals surface area contributed by atoms with Gasteiger partial charge >= 0.3 is 5.97 Å². The highest BCUT2D eigenvalue weighted by Crippen LogP contribution is 2.03. The van der Waals surface area contributed by atoms with Crippen LogP contribution >= 0.6 is 0 Å². The predicted octanol–water partition coefficient (Wildman–Crippen LogP) is -3.54. The van der Waals surface area contributed by atoms with Gasteiger partial charge < -0.3 is 38.7 Å². The molecular weight excluding hydrogens is 418 g/mol. The lowest BCUT2D eigenvalue weighted by atomic mass is 10.1. The van der Waals surface area contributed by atoms with Crippen LogP contribution in [0, 0.1) is 0 Å². The van der Waals surface area contributed by atoms with Crippen LogP contribution in [-0.2, 0) is 30.0 Å². The van der Waals surface area contributed by atoms with Gasteiger partial charge in [0.25, 0.3) is 0 Å². The summed E-state index contributed by atoms with van der Waals surface area (Å²) in [5.41, 5.74) is 21.1. The fourth-order valence-electron chi connectivity index (χ4n) is 2.29. The standard InChI is InChI=1S/C16H31N7O6S/c1-30(29)8-6-10(22-13(25)9(17)4-5-12(18)24)14(26)23-11(15(27)28)3-2-7-21-16(19)20/h9-11H,2-8,17H2,1H3,(H2,18,24)(H,22,25)(H,23,26)(H,27,28)(H4,19,20,21). The van der Waals surface area contributed by atoms with Gasteiger partial charge in [-0.15, -0.1) is 0 Å². The Labute approximate surface area is 176 Å². The van der Waals surface area contributed by atoms with Gasteiger partial charge in [-0.05, 0) is 25.7 Å². The molecule has 0 aromatic rings. The van der Waals surface area contributed by atoms with Gasteiger partial charge in [-0.2, -0.15) is 0 Å². The first-order valence-corrected chi connectivity index (χ1v) is 10.9. The van der Waals surface area contributed by atoms with Gasteiger partial charge in [0.1, 0.15) is 12.1 Å². The second-order valence-electron chi connectivity index (χ2n) is 6.59. The number of primary amides is 1. The summed E-state index contributed by atoms with van der Waals surface area (Å²) in [7, 11) is -1.25. The molecule has 0 fully saturated rings. The number of nitrogens with one attached hydrogen (secondary N) is 2. The second kappa shape index (κ2) is 14.3. The summed E-state index contributed by atoms with van der Waals surface area (Å²) in [6, 6.07) is -3.47. The van der Waals surface area contributed by atoms with Crippen LogP contribution in [0.3, 0.4) is 0 Å². The number of aliphatic carboxylic acids is 1. The van der Waals surface area contributed by atoms with Crippen LogP contribution in [0.4, 0.5) is 0 Å². The van der Waals surface area contributed by atoms with Gasteiger partial charge in [0.15, 0.2) is 5.96 Å². The Hall–Kier alpha value is -2.74. The molecule has 0 saturated heterocycles. The van der Waals surface area contributed by atoms with Gasteiger partial charge in [0, 0.05) is 35.8 Å². The van der Waals surface area contributed by atoms with Crippen molar-refractivity contribution in [2.75, 3.05) is 18.6 Å². The zero-order valence-electron chi connectivity index (χ0n) is 16.8. The van der Waals surface area contributed by atoms with Crippen LogP contribution in [-0.4, -0.2) is 75.6 Å². The van der Waals surface area contributed by atoms with Crippen molar-refractivity contribution in [2.24, 2.45) is 27.9 Å². The summed E-state index contributed by atoms with van der Waals surface area (Å²) in [6.07, 6.45) is 1.65. The second-order valence-corrected chi connectivity index (χ2v) is 8.14. The molecule has 0 bridgehead atoms. The lowest BCUT2D eigenvalue weighted by molar-refractivity contribution is -0.142. The molecule has 172 valence electrons. The maximum atomic E-state index is 12.6. The fraction of sp³-hybridized carbons (Fsp3) is 0.688. The highest BCUT2D eigenvalue weighted by Gasteiger charge is 2.28. The normalized spacial score (nSPS) is 14.6. The third kappa shape index (κ3) is 12.7. The van der Waals surface area contributed by atoms with E-state index < -0.39 is 52.6 Å². The number of amides is 3. The first kappa shape index (κ1) is 27.3. The zero-order valence-corrected chi connectivity index (χ0v) is 17.7. The Balaban J connectivity index is 5.05. The molecule has 0 aromatic carbocycles. The lowest BCUT2D eigenvalue weighted by Gasteiger charge is -2.22. The third-order valence-corrected chi connectivity index (χ3v) is 4.74. The number of guanidine groups is 1. The largest absolute Gasteiger partial charge is 0.480 e. The quantitative estimate of drug-likeness (QED) is 0.0741. The SMILES string of the molecule is CS(=O)CCC(NC(=O)C(N)CCC(N)=O)C(=O)NC(CCCN=C(N)N)C(=O)O. The first-order valence-electron chi connectivity index (χ1n) is 9.16. The Morgan fingerprint density at radius 3 is 2.10 bits per heavy atom. The molecule has 4 atom stereocenters. The van der Waals surface area contributed by atoms with Crippen LogP contribution < -0.4 is 33.6 Å². The van der Waals surface area contributed by atoms with Crippen molar-refractivity contribution >= 4 is 40.4 Å². The van der Waals surface area contributed by atoms with Crippen LogP contribution in [0.15, 0.2) is 4.99 Å². The van der Waals surface area contributed by atoms with E-state index in [2.05, 4.69) is 15.6 Å². The molecule has 0 aliphatic heterocycles. The molecule has 3 amide bonds. The van der Waals surface area contributed by atoms with E-state index in [0.717, 1.165) is 0 Å². The minimum absolute atomic E-state index is 0.00354. The third-order valence-electron chi connectivity index (χ3n) is 3.93. The molecule has 13 nitrogen and oxygen atoms in total. The lowest BCUT2D eigenvalue weighted by Crippen LogP contribution is -2.54. The van der Waals surface area contributed by atoms with Gasteiger partial charge in [0.05, 0.1) is 6.04 Å². The number of carboxylic acid groups (broad SMARTS) is 1. The minimum Gasteiger partial charge on any atom is -0.480 e. The van der Waals surface area contributed by atoms with E-state index in [-0.39, 0.29) is 43.9 Å². The molecule has 14 heteroatoms. The van der Waals surface area contributed by atoms with Crippen molar-refractivity contribution in [1.29, 1.82) is 0 Å². The Kier molecular flexibility index (Phi) is 13.0. The number of rotatable bonds is 15. The summed E-state index contributed by atoms with van der Waals surface area (Å²) in [5.74, 6) is -3.40. The van der Waals surface area contributed by atoms with Crippen LogP contribution in [0.5, 0.6) is 0 Å². The molecule has 0 radical (unpaired) electrons. The van der Waals surface area contributed by atoms with E-state index >= 15 is 0 Å². The number of nitrogens with zero attached hydrogens (tertiary/aromatic N) is 1. The van der Waals surface area contributed by atoms with Crippen molar-refractivity contribution in [3.8, 4) is 0 Å². The number of carbonyl (C=O) groups is 4. The number of hydrogen-bond donors (Lipinski definition) is 7. The molecule has 30 heavy (non-hydrogen) atoms. The monoisotopic (exact) mass is 449 g/mol. The molecule has 0 rings (SSSR count). The number of hydrogen-bond acceptors (Lipinski definition) is 7. The average Bonchev–Trinajstić information content (AvgIpc) is 2.64. The number of nitrogens with two attached hydrogens (primary N) is 4. The molecule has 0 saturated carbocycles. The number of carboxylic acids is 1. The first-order chi connectivity index (χ1) is 13.9. The average molecular weight is 450 g/mol. The van der Waals surface area contributed by atoms with Crippen molar-refractivity contribution in [1.82, 2.24) is 10.6 Å². The van der Waals surface area contributed by atoms with Crippen molar-refractivity contribution < 1.29 is 28.5 Å². The highest BCUT2D eigenvalue weighted by atomic mass is 32.2. The van der Waals surface area contributed by atoms with E-state index in [0.29, 0.717) is 6.42 Å². The molecule has 0 aromatic heterocycles. The molecule has 0 spiro atoms. The summed E-state index contributed by atoms with van der Waals surface area (Å²) in [5, 5.41) is 14.1. The Morgan fingerprint density at radius 2 is 1.60 bits per heavy atom. The Bertz CT molecular complexity index is 668. The van der Waals surface area contributed by atoms with Crippen molar-refractivity contribution in [3.05, 3.63) is 0 Å². The molecule has 11 N–H and O–H groups in total. The molecule has 0 aliphatic rings. The van der Waals surface area contributed by atoms with Gasteiger partial charge in [0.2, 0.25) is 17.7 Å². The van der Waals surface area contributed by atoms with Crippen LogP contribution in [0.1, 0.15) is 32.1 Å². The van der Waals surface area contributed by atoms with Gasteiger partial charge in [-0.3, -0.25) is 23.6 Å². The van der Waals surface area contributed by atoms with Crippen molar-refractivity contribution in [3.63, 3.8) is 0 Å². The summed E-state index contributed by atoms with van der Waals surface area (Å²) in [4.78, 5) is 50.8. The maximum absolute atomic E-state index is 12.6. The molecule has 0 heterocycles. The Morgan fingerprint density at radius 1 is 1.00 bits per heavy atom. The summed E-state index contributed by atoms with van der Waals surface area (Å²) >= 11 is 0. The van der Waals surface area contributed by atoms with Crippen LogP contribution in [0.25, 0.3) is 0 Å². The highest BCUT2D eigenvalue weighted by molar-refractivity contribution is 7.84. The smallest absolute Gasteiger partial charge is 0.326 e. The number of carbonyl (C=O) groups excluding carboxylic acids is 3. The minimum atomic E-state index is -1.27. The number of aliphatic imine (C=N–C) groups is 1. The maximum Gasteiger partial charge on any atom is 0.326 e. The summed E-state index contributed by atoms with van der Waals surface area (Å²) < 4.78 is 11.4. The van der Waals surface area contributed by atoms with Crippen LogP contribution in [0.2, 0.25) is 0 Å². The van der Waals surface area contributed by atoms with Gasteiger partial charge in [-0.25, -0.2) is 4.79 Å². The van der Waals surface area contributed by atoms with E-state index in [4.69, 9.17) is 22.9 Å². The van der Waals surface area contributed by atoms with E-state index in [1.165, 1.54) is 6.26 Å². The zero-order chi connectivity index (χ0) is 23.3. The van der Waals surface area contributed by atoms with E-state index in [1.807, 2.05) is 0 Å². The topological polar surface area (TPSA) is 246 Å². The fourth-order valence-corrected chi connectivity index (χ4v) is 2.86. The summed E-state index contributed by atoms with van der Waals surface area (Å²) in [6.45, 7) is 0.186. The van der Waals surface area contributed by atoms with Crippen molar-refractivity contribution in [2.45, 2.75) is 50.2 Å². The molecule has 4 unspecified atom stereocenters. The van der Waals surface area contributed by atoms with E-state index in [1.54, 1.807) is 0 Å². The molecule has 0 aliphatic carbocycles.